The number of anilines is 3. The van der Waals surface area contributed by atoms with Crippen LogP contribution >= 0.6 is 0 Å². The smallest absolute Gasteiger partial charge is 0.274 e. The molecule has 0 saturated carbocycles. The molecule has 0 atom stereocenters. The molecule has 0 aliphatic carbocycles. The summed E-state index contributed by atoms with van der Waals surface area (Å²) in [7, 11) is 0. The summed E-state index contributed by atoms with van der Waals surface area (Å²) in [6.07, 6.45) is 0. The highest BCUT2D eigenvalue weighted by molar-refractivity contribution is 6.03. The van der Waals surface area contributed by atoms with Gasteiger partial charge in [0.2, 0.25) is 5.95 Å². The van der Waals surface area contributed by atoms with Crippen LogP contribution in [-0.4, -0.2) is 15.9 Å². The first-order valence-corrected chi connectivity index (χ1v) is 7.46. The van der Waals surface area contributed by atoms with Gasteiger partial charge in [0.25, 0.3) is 5.91 Å². The van der Waals surface area contributed by atoms with E-state index in [0.717, 1.165) is 17.8 Å². The fourth-order valence-electron chi connectivity index (χ4n) is 2.19. The molecule has 0 aliphatic rings. The Bertz CT molecular complexity index is 896. The second-order valence-electron chi connectivity index (χ2n) is 5.26. The largest absolute Gasteiger partial charge is 0.324 e. The summed E-state index contributed by atoms with van der Waals surface area (Å²) in [6, 6.07) is 14.0. The lowest BCUT2D eigenvalue weighted by Crippen LogP contribution is -2.17. The number of aryl methyl sites for hydroxylation is 1. The summed E-state index contributed by atoms with van der Waals surface area (Å²) in [4.78, 5) is 20.6. The van der Waals surface area contributed by atoms with E-state index in [0.29, 0.717) is 5.69 Å². The van der Waals surface area contributed by atoms with Gasteiger partial charge in [0.1, 0.15) is 23.0 Å². The lowest BCUT2D eigenvalue weighted by Gasteiger charge is -2.10. The van der Waals surface area contributed by atoms with E-state index in [-0.39, 0.29) is 11.6 Å². The first-order valence-electron chi connectivity index (χ1n) is 7.46. The van der Waals surface area contributed by atoms with E-state index < -0.39 is 23.2 Å². The van der Waals surface area contributed by atoms with Gasteiger partial charge in [-0.3, -0.25) is 4.79 Å². The minimum atomic E-state index is -0.859. The van der Waals surface area contributed by atoms with Gasteiger partial charge in [0, 0.05) is 11.4 Å². The molecule has 7 heteroatoms. The zero-order chi connectivity index (χ0) is 17.8. The number of hydrogen-bond donors (Lipinski definition) is 2. The number of amides is 1. The summed E-state index contributed by atoms with van der Waals surface area (Å²) in [5.74, 6) is -2.24. The number of rotatable bonds is 4. The predicted molar refractivity (Wildman–Crippen MR) is 90.8 cm³/mol. The Morgan fingerprint density at radius 2 is 1.64 bits per heavy atom. The van der Waals surface area contributed by atoms with Crippen molar-refractivity contribution in [1.82, 2.24) is 9.97 Å². The van der Waals surface area contributed by atoms with E-state index >= 15 is 0 Å². The van der Waals surface area contributed by atoms with Crippen LogP contribution in [0.5, 0.6) is 0 Å². The highest BCUT2D eigenvalue weighted by Gasteiger charge is 2.16. The lowest BCUT2D eigenvalue weighted by molar-refractivity contribution is 0.102. The van der Waals surface area contributed by atoms with E-state index in [2.05, 4.69) is 20.6 Å². The zero-order valence-corrected chi connectivity index (χ0v) is 13.3. The quantitative estimate of drug-likeness (QED) is 0.752. The van der Waals surface area contributed by atoms with Crippen LogP contribution in [0.1, 0.15) is 16.2 Å². The average molecular weight is 340 g/mol. The number of halogens is 2. The van der Waals surface area contributed by atoms with Crippen molar-refractivity contribution < 1.29 is 13.6 Å². The number of aromatic nitrogens is 2. The third-order valence-electron chi connectivity index (χ3n) is 3.32. The SMILES string of the molecule is Cc1cc(C(=O)Nc2c(F)cccc2F)nc(Nc2ccccc2)n1. The maximum Gasteiger partial charge on any atom is 0.274 e. The molecule has 1 amide bonds. The zero-order valence-electron chi connectivity index (χ0n) is 13.3. The third kappa shape index (κ3) is 3.95. The van der Waals surface area contributed by atoms with Crippen LogP contribution in [0.4, 0.5) is 26.1 Å². The Morgan fingerprint density at radius 1 is 0.960 bits per heavy atom. The molecule has 5 nitrogen and oxygen atoms in total. The van der Waals surface area contributed by atoms with Crippen LogP contribution in [0.2, 0.25) is 0 Å². The van der Waals surface area contributed by atoms with E-state index in [1.54, 1.807) is 6.92 Å². The molecule has 0 fully saturated rings. The Morgan fingerprint density at radius 3 is 2.32 bits per heavy atom. The number of hydrogen-bond acceptors (Lipinski definition) is 4. The van der Waals surface area contributed by atoms with Crippen LogP contribution in [0.15, 0.2) is 54.6 Å². The monoisotopic (exact) mass is 340 g/mol. The highest BCUT2D eigenvalue weighted by Crippen LogP contribution is 2.19. The fourth-order valence-corrected chi connectivity index (χ4v) is 2.19. The van der Waals surface area contributed by atoms with Gasteiger partial charge in [-0.2, -0.15) is 0 Å². The molecular weight excluding hydrogens is 326 g/mol. The minimum Gasteiger partial charge on any atom is -0.324 e. The van der Waals surface area contributed by atoms with Crippen molar-refractivity contribution in [2.45, 2.75) is 6.92 Å². The molecule has 1 aromatic heterocycles. The standard InChI is InChI=1S/C18H14F2N4O/c1-11-10-15(17(25)24-16-13(19)8-5-9-14(16)20)23-18(21-11)22-12-6-3-2-4-7-12/h2-10H,1H3,(H,24,25)(H,21,22,23). The Labute approximate surface area is 142 Å². The number of nitrogens with zero attached hydrogens (tertiary/aromatic N) is 2. The molecule has 0 radical (unpaired) electrons. The molecule has 2 aromatic carbocycles. The van der Waals surface area contributed by atoms with Gasteiger partial charge in [0.05, 0.1) is 0 Å². The summed E-state index contributed by atoms with van der Waals surface area (Å²) < 4.78 is 27.3. The summed E-state index contributed by atoms with van der Waals surface area (Å²) in [5, 5.41) is 5.18. The molecule has 0 bridgehead atoms. The van der Waals surface area contributed by atoms with E-state index in [1.807, 2.05) is 30.3 Å². The van der Waals surface area contributed by atoms with Crippen LogP contribution in [-0.2, 0) is 0 Å². The van der Waals surface area contributed by atoms with Gasteiger partial charge in [0.15, 0.2) is 0 Å². The first kappa shape index (κ1) is 16.5. The van der Waals surface area contributed by atoms with E-state index in [9.17, 15) is 13.6 Å². The average Bonchev–Trinajstić information content (AvgIpc) is 2.58. The van der Waals surface area contributed by atoms with Gasteiger partial charge in [-0.1, -0.05) is 24.3 Å². The molecule has 0 unspecified atom stereocenters. The van der Waals surface area contributed by atoms with Crippen molar-refractivity contribution in [2.24, 2.45) is 0 Å². The molecule has 0 aliphatic heterocycles. The van der Waals surface area contributed by atoms with Crippen molar-refractivity contribution in [3.8, 4) is 0 Å². The summed E-state index contributed by atoms with van der Waals surface area (Å²) in [5.41, 5.74) is 0.766. The number of carbonyl (C=O) groups excluding carboxylic acids is 1. The van der Waals surface area contributed by atoms with Gasteiger partial charge in [-0.15, -0.1) is 0 Å². The Hall–Kier alpha value is -3.35. The number of nitrogens with one attached hydrogen (secondary N) is 2. The van der Waals surface area contributed by atoms with Crippen molar-refractivity contribution in [3.63, 3.8) is 0 Å². The van der Waals surface area contributed by atoms with Gasteiger partial charge in [-0.25, -0.2) is 18.7 Å². The third-order valence-corrected chi connectivity index (χ3v) is 3.32. The summed E-state index contributed by atoms with van der Waals surface area (Å²) in [6.45, 7) is 1.69. The Balaban J connectivity index is 1.85. The highest BCUT2D eigenvalue weighted by atomic mass is 19.1. The van der Waals surface area contributed by atoms with Gasteiger partial charge >= 0.3 is 0 Å². The lowest BCUT2D eigenvalue weighted by atomic mass is 10.2. The number of benzene rings is 2. The predicted octanol–water partition coefficient (Wildman–Crippen LogP) is 4.06. The van der Waals surface area contributed by atoms with Gasteiger partial charge in [-0.05, 0) is 37.3 Å². The molecular formula is C18H14F2N4O. The maximum absolute atomic E-state index is 13.7. The molecule has 2 N–H and O–H groups in total. The second kappa shape index (κ2) is 7.04. The van der Waals surface area contributed by atoms with Crippen molar-refractivity contribution >= 4 is 23.2 Å². The topological polar surface area (TPSA) is 66.9 Å². The first-order chi connectivity index (χ1) is 12.0. The molecule has 0 spiro atoms. The molecule has 3 aromatic rings. The van der Waals surface area contributed by atoms with Crippen LogP contribution in [0, 0.1) is 18.6 Å². The summed E-state index contributed by atoms with van der Waals surface area (Å²) >= 11 is 0. The molecule has 1 heterocycles. The van der Waals surface area contributed by atoms with Crippen LogP contribution in [0.3, 0.4) is 0 Å². The van der Waals surface area contributed by atoms with E-state index in [4.69, 9.17) is 0 Å². The van der Waals surface area contributed by atoms with E-state index in [1.165, 1.54) is 12.1 Å². The van der Waals surface area contributed by atoms with Gasteiger partial charge < -0.3 is 10.6 Å². The fraction of sp³-hybridized carbons (Fsp3) is 0.0556. The minimum absolute atomic E-state index is 0.00594. The molecule has 3 rings (SSSR count). The van der Waals surface area contributed by atoms with Crippen molar-refractivity contribution in [2.75, 3.05) is 10.6 Å². The number of carbonyl (C=O) groups is 1. The normalized spacial score (nSPS) is 10.4. The second-order valence-corrected chi connectivity index (χ2v) is 5.26. The number of para-hydroxylation sites is 2. The van der Waals surface area contributed by atoms with Crippen molar-refractivity contribution in [3.05, 3.63) is 77.6 Å². The van der Waals surface area contributed by atoms with Crippen molar-refractivity contribution in [1.29, 1.82) is 0 Å². The Kier molecular flexibility index (Phi) is 4.65. The van der Waals surface area contributed by atoms with Crippen LogP contribution < -0.4 is 10.6 Å². The molecule has 25 heavy (non-hydrogen) atoms. The maximum atomic E-state index is 13.7. The van der Waals surface area contributed by atoms with Crippen LogP contribution in [0.25, 0.3) is 0 Å². The molecule has 0 saturated heterocycles. The molecule has 126 valence electrons.